The lowest BCUT2D eigenvalue weighted by Gasteiger charge is -2.37. The third-order valence-electron chi connectivity index (χ3n) is 4.80. The summed E-state index contributed by atoms with van der Waals surface area (Å²) in [7, 11) is 0. The van der Waals surface area contributed by atoms with Crippen LogP contribution in [0, 0.1) is 0 Å². The van der Waals surface area contributed by atoms with Gasteiger partial charge in [0.1, 0.15) is 5.75 Å². The van der Waals surface area contributed by atoms with Crippen molar-refractivity contribution < 1.29 is 19.4 Å². The molecule has 2 amide bonds. The molecule has 0 bridgehead atoms. The molecule has 0 spiro atoms. The highest BCUT2D eigenvalue weighted by atomic mass is 16.5. The van der Waals surface area contributed by atoms with Gasteiger partial charge >= 0.3 is 12.0 Å². The molecule has 26 heavy (non-hydrogen) atoms. The van der Waals surface area contributed by atoms with Crippen LogP contribution >= 0.6 is 0 Å². The van der Waals surface area contributed by atoms with Crippen LogP contribution in [0.25, 0.3) is 0 Å². The third kappa shape index (κ3) is 5.01. The minimum Gasteiger partial charge on any atom is -0.482 e. The van der Waals surface area contributed by atoms with Gasteiger partial charge in [0.05, 0.1) is 0 Å². The molecule has 2 saturated heterocycles. The normalized spacial score (nSPS) is 18.5. The summed E-state index contributed by atoms with van der Waals surface area (Å²) in [5.74, 6) is -0.455. The second-order valence-electron chi connectivity index (χ2n) is 6.62. The Bertz CT molecular complexity index is 608. The van der Waals surface area contributed by atoms with Crippen molar-refractivity contribution in [3.05, 3.63) is 24.3 Å². The fraction of sp³-hybridized carbons (Fsp3) is 0.556. The molecule has 1 aromatic rings. The summed E-state index contributed by atoms with van der Waals surface area (Å²) >= 11 is 0. The maximum absolute atomic E-state index is 12.4. The van der Waals surface area contributed by atoms with Gasteiger partial charge in [0.2, 0.25) is 0 Å². The summed E-state index contributed by atoms with van der Waals surface area (Å²) in [6.45, 7) is 4.51. The lowest BCUT2D eigenvalue weighted by atomic mass is 10.1. The quantitative estimate of drug-likeness (QED) is 0.715. The summed E-state index contributed by atoms with van der Waals surface area (Å²) in [6, 6.07) is 7.70. The smallest absolute Gasteiger partial charge is 0.341 e. The van der Waals surface area contributed by atoms with Crippen LogP contribution in [0.15, 0.2) is 24.3 Å². The summed E-state index contributed by atoms with van der Waals surface area (Å²) in [5.41, 5.74) is 1.05. The molecule has 2 aliphatic heterocycles. The van der Waals surface area contributed by atoms with E-state index in [1.54, 1.807) is 12.1 Å². The summed E-state index contributed by atoms with van der Waals surface area (Å²) in [5, 5.41) is 15.1. The highest BCUT2D eigenvalue weighted by Gasteiger charge is 2.23. The Hall–Kier alpha value is -2.48. The molecule has 0 atom stereocenters. The van der Waals surface area contributed by atoms with Crippen LogP contribution in [0.2, 0.25) is 0 Å². The second-order valence-corrected chi connectivity index (χ2v) is 6.62. The van der Waals surface area contributed by atoms with Crippen molar-refractivity contribution in [2.75, 3.05) is 50.8 Å². The van der Waals surface area contributed by atoms with E-state index in [-0.39, 0.29) is 18.7 Å². The number of piperazine rings is 1. The highest BCUT2D eigenvalue weighted by molar-refractivity contribution is 5.75. The number of rotatable bonds is 5. The van der Waals surface area contributed by atoms with Gasteiger partial charge in [-0.3, -0.25) is 0 Å². The number of carbonyl (C=O) groups is 2. The molecule has 0 radical (unpaired) electrons. The summed E-state index contributed by atoms with van der Waals surface area (Å²) < 4.78 is 5.15. The number of nitrogens with one attached hydrogen (secondary N) is 2. The average molecular weight is 362 g/mol. The molecule has 2 aliphatic rings. The Morgan fingerprint density at radius 3 is 2.38 bits per heavy atom. The highest BCUT2D eigenvalue weighted by Crippen LogP contribution is 2.21. The standard InChI is InChI=1S/C18H26N4O4/c23-17(24)13-26-16-3-1-15(2-4-16)21-9-11-22(12-10-21)18(25)20-14-5-7-19-8-6-14/h1-4,14,19H,5-13H2,(H,20,25)(H,23,24). The molecule has 2 fully saturated rings. The molecule has 3 rings (SSSR count). The first-order chi connectivity index (χ1) is 12.6. The van der Waals surface area contributed by atoms with Crippen molar-refractivity contribution in [3.63, 3.8) is 0 Å². The number of carboxylic acids is 1. The Labute approximate surface area is 153 Å². The largest absolute Gasteiger partial charge is 0.482 e. The van der Waals surface area contributed by atoms with Crippen molar-refractivity contribution in [1.29, 1.82) is 0 Å². The van der Waals surface area contributed by atoms with Crippen molar-refractivity contribution >= 4 is 17.7 Å². The first-order valence-corrected chi connectivity index (χ1v) is 9.07. The monoisotopic (exact) mass is 362 g/mol. The van der Waals surface area contributed by atoms with E-state index in [2.05, 4.69) is 15.5 Å². The molecule has 142 valence electrons. The van der Waals surface area contributed by atoms with Gasteiger partial charge in [0.25, 0.3) is 0 Å². The van der Waals surface area contributed by atoms with Gasteiger partial charge in [-0.1, -0.05) is 0 Å². The van der Waals surface area contributed by atoms with E-state index < -0.39 is 5.97 Å². The number of nitrogens with zero attached hydrogens (tertiary/aromatic N) is 2. The fourth-order valence-corrected chi connectivity index (χ4v) is 3.30. The first kappa shape index (κ1) is 18.3. The maximum Gasteiger partial charge on any atom is 0.341 e. The minimum atomic E-state index is -0.993. The summed E-state index contributed by atoms with van der Waals surface area (Å²) in [4.78, 5) is 27.0. The number of carboxylic acid groups (broad SMARTS) is 1. The van der Waals surface area contributed by atoms with E-state index >= 15 is 0 Å². The maximum atomic E-state index is 12.4. The Kier molecular flexibility index (Phi) is 6.17. The van der Waals surface area contributed by atoms with E-state index in [9.17, 15) is 9.59 Å². The Balaban J connectivity index is 1.45. The Morgan fingerprint density at radius 1 is 1.12 bits per heavy atom. The van der Waals surface area contributed by atoms with E-state index in [1.165, 1.54) is 0 Å². The van der Waals surface area contributed by atoms with E-state index in [1.807, 2.05) is 17.0 Å². The fourth-order valence-electron chi connectivity index (χ4n) is 3.30. The number of hydrogen-bond donors (Lipinski definition) is 3. The van der Waals surface area contributed by atoms with Gasteiger partial charge in [0, 0.05) is 37.9 Å². The van der Waals surface area contributed by atoms with Crippen LogP contribution in [0.4, 0.5) is 10.5 Å². The van der Waals surface area contributed by atoms with E-state index in [4.69, 9.17) is 9.84 Å². The molecule has 0 aliphatic carbocycles. The van der Waals surface area contributed by atoms with Gasteiger partial charge in [-0.15, -0.1) is 0 Å². The van der Waals surface area contributed by atoms with E-state index in [0.717, 1.165) is 44.7 Å². The molecule has 0 unspecified atom stereocenters. The lowest BCUT2D eigenvalue weighted by Crippen LogP contribution is -2.54. The third-order valence-corrected chi connectivity index (χ3v) is 4.80. The predicted octanol–water partition coefficient (Wildman–Crippen LogP) is 0.734. The van der Waals surface area contributed by atoms with Crippen LogP contribution in [0.3, 0.4) is 0 Å². The van der Waals surface area contributed by atoms with Gasteiger partial charge in [0.15, 0.2) is 6.61 Å². The molecule has 0 saturated carbocycles. The number of amides is 2. The van der Waals surface area contributed by atoms with Gasteiger partial charge in [-0.2, -0.15) is 0 Å². The molecular weight excluding hydrogens is 336 g/mol. The zero-order valence-corrected chi connectivity index (χ0v) is 14.8. The second kappa shape index (κ2) is 8.75. The number of hydrogen-bond acceptors (Lipinski definition) is 5. The minimum absolute atomic E-state index is 0.0361. The average Bonchev–Trinajstić information content (AvgIpc) is 2.68. The van der Waals surface area contributed by atoms with Gasteiger partial charge in [-0.05, 0) is 50.2 Å². The predicted molar refractivity (Wildman–Crippen MR) is 97.8 cm³/mol. The Morgan fingerprint density at radius 2 is 1.77 bits per heavy atom. The molecule has 0 aromatic heterocycles. The van der Waals surface area contributed by atoms with Crippen LogP contribution in [0.5, 0.6) is 5.75 Å². The van der Waals surface area contributed by atoms with Crippen molar-refractivity contribution in [1.82, 2.24) is 15.5 Å². The molecule has 8 heteroatoms. The molecular formula is C18H26N4O4. The SMILES string of the molecule is O=C(O)COc1ccc(N2CCN(C(=O)NC3CCNCC3)CC2)cc1. The number of benzene rings is 1. The number of anilines is 1. The molecule has 1 aromatic carbocycles. The van der Waals surface area contributed by atoms with Crippen LogP contribution in [-0.4, -0.2) is 73.9 Å². The van der Waals surface area contributed by atoms with Gasteiger partial charge < -0.3 is 30.3 Å². The van der Waals surface area contributed by atoms with Crippen molar-refractivity contribution in [2.24, 2.45) is 0 Å². The number of piperidine rings is 1. The van der Waals surface area contributed by atoms with Crippen LogP contribution < -0.4 is 20.3 Å². The zero-order chi connectivity index (χ0) is 18.4. The van der Waals surface area contributed by atoms with Crippen LogP contribution in [0.1, 0.15) is 12.8 Å². The van der Waals surface area contributed by atoms with Crippen LogP contribution in [-0.2, 0) is 4.79 Å². The molecule has 2 heterocycles. The molecule has 3 N–H and O–H groups in total. The first-order valence-electron chi connectivity index (χ1n) is 9.07. The number of urea groups is 1. The van der Waals surface area contributed by atoms with Crippen molar-refractivity contribution in [3.8, 4) is 5.75 Å². The summed E-state index contributed by atoms with van der Waals surface area (Å²) in [6.07, 6.45) is 1.98. The number of aliphatic carboxylic acids is 1. The van der Waals surface area contributed by atoms with Gasteiger partial charge in [-0.25, -0.2) is 9.59 Å². The zero-order valence-electron chi connectivity index (χ0n) is 14.8. The number of carbonyl (C=O) groups excluding carboxylic acids is 1. The topological polar surface area (TPSA) is 94.1 Å². The molecule has 8 nitrogen and oxygen atoms in total. The number of ether oxygens (including phenoxy) is 1. The lowest BCUT2D eigenvalue weighted by molar-refractivity contribution is -0.139. The van der Waals surface area contributed by atoms with E-state index in [0.29, 0.717) is 18.8 Å². The van der Waals surface area contributed by atoms with Crippen molar-refractivity contribution in [2.45, 2.75) is 18.9 Å².